The van der Waals surface area contributed by atoms with Crippen LogP contribution in [0.5, 0.6) is 0 Å². The van der Waals surface area contributed by atoms with Gasteiger partial charge in [0.05, 0.1) is 11.5 Å². The standard InChI is InChI=1S/C16H24N2O2S/c19-21(20)11-3-4-16(13-21)17-15-7-5-14(6-8-15)12-18-9-1-2-10-18/h5-8,16-17H,1-4,9-13H2. The molecular formula is C16H24N2O2S. The molecule has 2 heterocycles. The lowest BCUT2D eigenvalue weighted by atomic mass is 10.1. The Labute approximate surface area is 127 Å². The lowest BCUT2D eigenvalue weighted by molar-refractivity contribution is 0.331. The highest BCUT2D eigenvalue weighted by molar-refractivity contribution is 7.91. The first-order valence-corrected chi connectivity index (χ1v) is 9.71. The maximum absolute atomic E-state index is 11.7. The molecule has 5 heteroatoms. The number of sulfone groups is 1. The summed E-state index contributed by atoms with van der Waals surface area (Å²) < 4.78 is 23.3. The van der Waals surface area contributed by atoms with Crippen LogP contribution in [0.25, 0.3) is 0 Å². The van der Waals surface area contributed by atoms with Crippen molar-refractivity contribution in [1.82, 2.24) is 4.90 Å². The van der Waals surface area contributed by atoms with Crippen LogP contribution in [0.1, 0.15) is 31.2 Å². The summed E-state index contributed by atoms with van der Waals surface area (Å²) in [6, 6.07) is 8.52. The molecule has 1 aromatic rings. The molecule has 3 rings (SSSR count). The summed E-state index contributed by atoms with van der Waals surface area (Å²) >= 11 is 0. The van der Waals surface area contributed by atoms with Gasteiger partial charge in [0.25, 0.3) is 0 Å². The van der Waals surface area contributed by atoms with E-state index >= 15 is 0 Å². The fourth-order valence-electron chi connectivity index (χ4n) is 3.28. The van der Waals surface area contributed by atoms with Crippen molar-refractivity contribution in [2.45, 2.75) is 38.3 Å². The summed E-state index contributed by atoms with van der Waals surface area (Å²) in [5, 5.41) is 3.36. The van der Waals surface area contributed by atoms with Gasteiger partial charge in [0.2, 0.25) is 0 Å². The molecule has 1 unspecified atom stereocenters. The summed E-state index contributed by atoms with van der Waals surface area (Å²) in [6.45, 7) is 3.44. The fraction of sp³-hybridized carbons (Fsp3) is 0.625. The van der Waals surface area contributed by atoms with E-state index in [1.54, 1.807) is 0 Å². The second-order valence-corrected chi connectivity index (χ2v) is 8.51. The molecule has 1 aromatic carbocycles. The molecule has 116 valence electrons. The highest BCUT2D eigenvalue weighted by Gasteiger charge is 2.24. The van der Waals surface area contributed by atoms with Crippen LogP contribution in [0.15, 0.2) is 24.3 Å². The van der Waals surface area contributed by atoms with Gasteiger partial charge >= 0.3 is 0 Å². The van der Waals surface area contributed by atoms with Gasteiger partial charge in [-0.05, 0) is 56.5 Å². The van der Waals surface area contributed by atoms with Gasteiger partial charge in [-0.15, -0.1) is 0 Å². The van der Waals surface area contributed by atoms with Gasteiger partial charge in [-0.2, -0.15) is 0 Å². The van der Waals surface area contributed by atoms with Crippen molar-refractivity contribution in [1.29, 1.82) is 0 Å². The number of nitrogens with one attached hydrogen (secondary N) is 1. The SMILES string of the molecule is O=S1(=O)CCCC(Nc2ccc(CN3CCCC3)cc2)C1. The molecule has 1 N–H and O–H groups in total. The van der Waals surface area contributed by atoms with E-state index in [4.69, 9.17) is 0 Å². The minimum atomic E-state index is -2.85. The molecule has 2 saturated heterocycles. The number of anilines is 1. The van der Waals surface area contributed by atoms with E-state index in [-0.39, 0.29) is 11.8 Å². The number of likely N-dealkylation sites (tertiary alicyclic amines) is 1. The van der Waals surface area contributed by atoms with Crippen molar-refractivity contribution >= 4 is 15.5 Å². The number of benzene rings is 1. The fourth-order valence-corrected chi connectivity index (χ4v) is 4.91. The Kier molecular flexibility index (Phi) is 4.50. The Morgan fingerprint density at radius 1 is 1.10 bits per heavy atom. The second kappa shape index (κ2) is 6.36. The third-order valence-corrected chi connectivity index (χ3v) is 6.21. The summed E-state index contributed by atoms with van der Waals surface area (Å²) in [7, 11) is -2.85. The topological polar surface area (TPSA) is 49.4 Å². The lowest BCUT2D eigenvalue weighted by Crippen LogP contribution is -2.34. The first kappa shape index (κ1) is 14.9. The number of hydrogen-bond donors (Lipinski definition) is 1. The van der Waals surface area contributed by atoms with Gasteiger partial charge < -0.3 is 5.32 Å². The minimum absolute atomic E-state index is 0.0631. The van der Waals surface area contributed by atoms with E-state index < -0.39 is 9.84 Å². The summed E-state index contributed by atoms with van der Waals surface area (Å²) in [4.78, 5) is 2.48. The van der Waals surface area contributed by atoms with Crippen LogP contribution in [0.4, 0.5) is 5.69 Å². The molecular weight excluding hydrogens is 284 g/mol. The molecule has 1 atom stereocenters. The van der Waals surface area contributed by atoms with Gasteiger partial charge in [0.15, 0.2) is 9.84 Å². The van der Waals surface area contributed by atoms with Crippen LogP contribution in [0.2, 0.25) is 0 Å². The van der Waals surface area contributed by atoms with Crippen molar-refractivity contribution in [3.8, 4) is 0 Å². The number of rotatable bonds is 4. The van der Waals surface area contributed by atoms with E-state index in [0.29, 0.717) is 5.75 Å². The Bertz CT molecular complexity index is 562. The number of nitrogens with zero attached hydrogens (tertiary/aromatic N) is 1. The molecule has 21 heavy (non-hydrogen) atoms. The van der Waals surface area contributed by atoms with E-state index in [1.807, 2.05) is 0 Å². The average molecular weight is 308 g/mol. The minimum Gasteiger partial charge on any atom is -0.381 e. The lowest BCUT2D eigenvalue weighted by Gasteiger charge is -2.24. The highest BCUT2D eigenvalue weighted by atomic mass is 32.2. The Hall–Kier alpha value is -1.07. The molecule has 0 aliphatic carbocycles. The molecule has 0 amide bonds. The first-order chi connectivity index (χ1) is 10.1. The average Bonchev–Trinajstić information content (AvgIpc) is 2.93. The Morgan fingerprint density at radius 3 is 2.48 bits per heavy atom. The van der Waals surface area contributed by atoms with Crippen molar-refractivity contribution < 1.29 is 8.42 Å². The van der Waals surface area contributed by atoms with Crippen molar-refractivity contribution in [3.05, 3.63) is 29.8 Å². The molecule has 0 radical (unpaired) electrons. The largest absolute Gasteiger partial charge is 0.381 e. The maximum atomic E-state index is 11.7. The van der Waals surface area contributed by atoms with Crippen molar-refractivity contribution in [2.24, 2.45) is 0 Å². The van der Waals surface area contributed by atoms with E-state index in [2.05, 4.69) is 34.5 Å². The third kappa shape index (κ3) is 4.20. The molecule has 0 spiro atoms. The molecule has 0 aromatic heterocycles. The molecule has 2 aliphatic rings. The van der Waals surface area contributed by atoms with E-state index in [0.717, 1.165) is 25.1 Å². The summed E-state index contributed by atoms with van der Waals surface area (Å²) in [5.74, 6) is 0.614. The van der Waals surface area contributed by atoms with Gasteiger partial charge in [-0.3, -0.25) is 4.90 Å². The quantitative estimate of drug-likeness (QED) is 0.927. The molecule has 2 aliphatic heterocycles. The predicted octanol–water partition coefficient (Wildman–Crippen LogP) is 2.27. The summed E-state index contributed by atoms with van der Waals surface area (Å²) in [5.41, 5.74) is 2.36. The zero-order valence-electron chi connectivity index (χ0n) is 12.4. The van der Waals surface area contributed by atoms with Crippen molar-refractivity contribution in [3.63, 3.8) is 0 Å². The number of hydrogen-bond acceptors (Lipinski definition) is 4. The Balaban J connectivity index is 1.56. The zero-order valence-corrected chi connectivity index (χ0v) is 13.2. The van der Waals surface area contributed by atoms with Gasteiger partial charge in [-0.25, -0.2) is 8.42 Å². The van der Waals surface area contributed by atoms with Crippen LogP contribution < -0.4 is 5.32 Å². The van der Waals surface area contributed by atoms with Gasteiger partial charge in [0.1, 0.15) is 0 Å². The van der Waals surface area contributed by atoms with Gasteiger partial charge in [0, 0.05) is 18.3 Å². The van der Waals surface area contributed by atoms with E-state index in [1.165, 1.54) is 31.5 Å². The zero-order chi connectivity index (χ0) is 14.7. The van der Waals surface area contributed by atoms with Crippen molar-refractivity contribution in [2.75, 3.05) is 29.9 Å². The molecule has 2 fully saturated rings. The maximum Gasteiger partial charge on any atom is 0.152 e. The van der Waals surface area contributed by atoms with Crippen LogP contribution in [-0.4, -0.2) is 44.0 Å². The predicted molar refractivity (Wildman–Crippen MR) is 86.3 cm³/mol. The molecule has 0 saturated carbocycles. The molecule has 4 nitrogen and oxygen atoms in total. The van der Waals surface area contributed by atoms with Crippen LogP contribution >= 0.6 is 0 Å². The van der Waals surface area contributed by atoms with Crippen LogP contribution in [-0.2, 0) is 16.4 Å². The monoisotopic (exact) mass is 308 g/mol. The van der Waals surface area contributed by atoms with E-state index in [9.17, 15) is 8.42 Å². The summed E-state index contributed by atoms with van der Waals surface area (Å²) in [6.07, 6.45) is 4.34. The second-order valence-electron chi connectivity index (χ2n) is 6.28. The van der Waals surface area contributed by atoms with Crippen LogP contribution in [0.3, 0.4) is 0 Å². The third-order valence-electron chi connectivity index (χ3n) is 4.39. The molecule has 0 bridgehead atoms. The first-order valence-electron chi connectivity index (χ1n) is 7.89. The highest BCUT2D eigenvalue weighted by Crippen LogP contribution is 2.19. The normalized spacial score (nSPS) is 25.8. The van der Waals surface area contributed by atoms with Gasteiger partial charge in [-0.1, -0.05) is 12.1 Å². The van der Waals surface area contributed by atoms with Crippen LogP contribution in [0, 0.1) is 0 Å². The Morgan fingerprint density at radius 2 is 1.81 bits per heavy atom. The smallest absolute Gasteiger partial charge is 0.152 e.